The Morgan fingerprint density at radius 1 is 1.33 bits per heavy atom. The van der Waals surface area contributed by atoms with Gasteiger partial charge in [-0.2, -0.15) is 0 Å². The number of carbonyl (C=O) groups excluding carboxylic acids is 2. The van der Waals surface area contributed by atoms with E-state index in [9.17, 15) is 14.7 Å². The zero-order chi connectivity index (χ0) is 19.4. The summed E-state index contributed by atoms with van der Waals surface area (Å²) in [5.41, 5.74) is 0.852. The van der Waals surface area contributed by atoms with Gasteiger partial charge in [0.2, 0.25) is 5.91 Å². The van der Waals surface area contributed by atoms with Crippen LogP contribution in [0, 0.1) is 0 Å². The molecule has 2 aliphatic heterocycles. The van der Waals surface area contributed by atoms with Crippen LogP contribution in [0.15, 0.2) is 29.2 Å². The van der Waals surface area contributed by atoms with E-state index in [0.29, 0.717) is 27.2 Å². The molecule has 2 fully saturated rings. The summed E-state index contributed by atoms with van der Waals surface area (Å²) in [5, 5.41) is 9.87. The summed E-state index contributed by atoms with van der Waals surface area (Å²) in [4.78, 5) is 29.2. The van der Waals surface area contributed by atoms with Crippen LogP contribution in [0.25, 0.3) is 6.08 Å². The molecule has 1 aromatic rings. The average Bonchev–Trinajstić information content (AvgIpc) is 2.91. The molecular weight excluding hydrogens is 404 g/mol. The first-order chi connectivity index (χ1) is 13.0. The highest BCUT2D eigenvalue weighted by molar-refractivity contribution is 8.26. The van der Waals surface area contributed by atoms with E-state index in [4.69, 9.17) is 23.8 Å². The topological polar surface area (TPSA) is 60.9 Å². The highest BCUT2D eigenvalue weighted by Gasteiger charge is 2.36. The average molecular weight is 425 g/mol. The number of likely N-dealkylation sites (tertiary alicyclic amines) is 1. The molecule has 27 heavy (non-hydrogen) atoms. The largest absolute Gasteiger partial charge is 0.396 e. The number of piperidine rings is 1. The number of thioether (sulfide) groups is 1. The van der Waals surface area contributed by atoms with E-state index in [1.165, 1.54) is 16.7 Å². The number of hydrogen-bond acceptors (Lipinski definition) is 5. The second kappa shape index (κ2) is 9.19. The fraction of sp³-hybridized carbons (Fsp3) is 0.421. The van der Waals surface area contributed by atoms with Crippen LogP contribution in [0.4, 0.5) is 0 Å². The van der Waals surface area contributed by atoms with Gasteiger partial charge in [0.05, 0.1) is 4.91 Å². The summed E-state index contributed by atoms with van der Waals surface area (Å²) in [6.45, 7) is 0.669. The Morgan fingerprint density at radius 2 is 2.07 bits per heavy atom. The molecule has 0 spiro atoms. The first-order valence-corrected chi connectivity index (χ1v) is 10.5. The van der Waals surface area contributed by atoms with E-state index in [0.717, 1.165) is 24.8 Å². The van der Waals surface area contributed by atoms with E-state index in [-0.39, 0.29) is 31.0 Å². The summed E-state index contributed by atoms with van der Waals surface area (Å²) in [6.07, 6.45) is 5.22. The lowest BCUT2D eigenvalue weighted by atomic mass is 9.99. The second-order valence-electron chi connectivity index (χ2n) is 6.57. The number of aliphatic hydroxyl groups excluding tert-OH is 1. The molecule has 0 radical (unpaired) electrons. The Bertz CT molecular complexity index is 765. The van der Waals surface area contributed by atoms with Crippen LogP contribution in [0.5, 0.6) is 0 Å². The molecule has 144 valence electrons. The third-order valence-electron chi connectivity index (χ3n) is 4.74. The van der Waals surface area contributed by atoms with Crippen molar-refractivity contribution in [3.63, 3.8) is 0 Å². The van der Waals surface area contributed by atoms with Gasteiger partial charge in [-0.05, 0) is 49.5 Å². The van der Waals surface area contributed by atoms with Crippen molar-refractivity contribution in [3.8, 4) is 0 Å². The molecule has 5 nitrogen and oxygen atoms in total. The third-order valence-corrected chi connectivity index (χ3v) is 6.37. The molecule has 0 saturated carbocycles. The number of nitrogens with zero attached hydrogens (tertiary/aromatic N) is 2. The van der Waals surface area contributed by atoms with Crippen molar-refractivity contribution in [2.45, 2.75) is 31.7 Å². The minimum atomic E-state index is -0.246. The van der Waals surface area contributed by atoms with Crippen LogP contribution >= 0.6 is 35.6 Å². The molecule has 1 aromatic carbocycles. The number of thiocarbonyl (C=S) groups is 1. The highest BCUT2D eigenvalue weighted by atomic mass is 35.5. The van der Waals surface area contributed by atoms with E-state index in [1.54, 1.807) is 23.1 Å². The Balaban J connectivity index is 1.69. The zero-order valence-electron chi connectivity index (χ0n) is 14.8. The molecule has 2 heterocycles. The summed E-state index contributed by atoms with van der Waals surface area (Å²) < 4.78 is 0.393. The molecule has 8 heteroatoms. The van der Waals surface area contributed by atoms with Gasteiger partial charge in [0.1, 0.15) is 10.9 Å². The lowest BCUT2D eigenvalue weighted by Crippen LogP contribution is -2.49. The Kier molecular flexibility index (Phi) is 6.92. The Morgan fingerprint density at radius 3 is 2.78 bits per heavy atom. The first-order valence-electron chi connectivity index (χ1n) is 8.91. The van der Waals surface area contributed by atoms with Crippen molar-refractivity contribution >= 4 is 57.8 Å². The van der Waals surface area contributed by atoms with Crippen LogP contribution in [0.1, 0.15) is 31.2 Å². The van der Waals surface area contributed by atoms with E-state index in [1.807, 2.05) is 12.1 Å². The maximum atomic E-state index is 12.8. The van der Waals surface area contributed by atoms with E-state index in [2.05, 4.69) is 0 Å². The maximum Gasteiger partial charge on any atom is 0.266 e. The molecule has 2 saturated heterocycles. The molecule has 0 unspecified atom stereocenters. The predicted octanol–water partition coefficient (Wildman–Crippen LogP) is 3.30. The number of carbonyl (C=O) groups is 2. The smallest absolute Gasteiger partial charge is 0.266 e. The van der Waals surface area contributed by atoms with Crippen LogP contribution in [-0.2, 0) is 9.59 Å². The molecule has 1 atom stereocenters. The molecule has 3 rings (SSSR count). The minimum absolute atomic E-state index is 0.0410. The van der Waals surface area contributed by atoms with Gasteiger partial charge >= 0.3 is 0 Å². The lowest BCUT2D eigenvalue weighted by Gasteiger charge is -2.36. The Hall–Kier alpha value is -1.41. The van der Waals surface area contributed by atoms with E-state index < -0.39 is 0 Å². The van der Waals surface area contributed by atoms with Crippen LogP contribution in [-0.4, -0.2) is 56.8 Å². The SMILES string of the molecule is O=C1/C(=C/c2ccc(Cl)cc2)SC(=S)N1CC(=O)N1CCCC[C@H]1CCO. The molecule has 0 bridgehead atoms. The fourth-order valence-corrected chi connectivity index (χ4v) is 4.73. The molecular formula is C19H21ClN2O3S2. The van der Waals surface area contributed by atoms with Gasteiger partial charge in [-0.25, -0.2) is 0 Å². The monoisotopic (exact) mass is 424 g/mol. The summed E-state index contributed by atoms with van der Waals surface area (Å²) in [6, 6.07) is 7.21. The lowest BCUT2D eigenvalue weighted by molar-refractivity contribution is -0.138. The van der Waals surface area contributed by atoms with Gasteiger partial charge in [0, 0.05) is 24.2 Å². The van der Waals surface area contributed by atoms with E-state index >= 15 is 0 Å². The second-order valence-corrected chi connectivity index (χ2v) is 8.68. The van der Waals surface area contributed by atoms with Gasteiger partial charge in [0.15, 0.2) is 0 Å². The quantitative estimate of drug-likeness (QED) is 0.580. The fourth-order valence-electron chi connectivity index (χ4n) is 3.35. The predicted molar refractivity (Wildman–Crippen MR) is 112 cm³/mol. The van der Waals surface area contributed by atoms with Gasteiger partial charge in [0.25, 0.3) is 5.91 Å². The van der Waals surface area contributed by atoms with Crippen molar-refractivity contribution in [3.05, 3.63) is 39.8 Å². The van der Waals surface area contributed by atoms with Gasteiger partial charge in [-0.3, -0.25) is 14.5 Å². The van der Waals surface area contributed by atoms with Crippen molar-refractivity contribution < 1.29 is 14.7 Å². The van der Waals surface area contributed by atoms with Gasteiger partial charge in [-0.15, -0.1) is 0 Å². The molecule has 1 N–H and O–H groups in total. The molecule has 0 aliphatic carbocycles. The number of amides is 2. The normalized spacial score (nSPS) is 22.0. The number of rotatable bonds is 5. The number of halogens is 1. The number of benzene rings is 1. The Labute approximate surface area is 173 Å². The first kappa shape index (κ1) is 20.3. The van der Waals surface area contributed by atoms with Crippen LogP contribution in [0.3, 0.4) is 0 Å². The number of hydrogen-bond donors (Lipinski definition) is 1. The van der Waals surface area contributed by atoms with Crippen molar-refractivity contribution in [2.75, 3.05) is 19.7 Å². The number of aliphatic hydroxyl groups is 1. The third kappa shape index (κ3) is 4.90. The minimum Gasteiger partial charge on any atom is -0.396 e. The van der Waals surface area contributed by atoms with Crippen molar-refractivity contribution in [1.82, 2.24) is 9.80 Å². The molecule has 2 amide bonds. The zero-order valence-corrected chi connectivity index (χ0v) is 17.2. The van der Waals surface area contributed by atoms with Crippen LogP contribution < -0.4 is 0 Å². The standard InChI is InChI=1S/C19H21ClN2O3S2/c20-14-6-4-13(5-7-14)11-16-18(25)22(19(26)27-16)12-17(24)21-9-2-1-3-15(21)8-10-23/h4-7,11,15,23H,1-3,8-10,12H2/b16-11-/t15-/m0/s1. The highest BCUT2D eigenvalue weighted by Crippen LogP contribution is 2.33. The maximum absolute atomic E-state index is 12.8. The van der Waals surface area contributed by atoms with Gasteiger partial charge < -0.3 is 10.0 Å². The molecule has 2 aliphatic rings. The van der Waals surface area contributed by atoms with Crippen molar-refractivity contribution in [2.24, 2.45) is 0 Å². The van der Waals surface area contributed by atoms with Crippen molar-refractivity contribution in [1.29, 1.82) is 0 Å². The summed E-state index contributed by atoms with van der Waals surface area (Å²) >= 11 is 12.4. The van der Waals surface area contributed by atoms with Crippen LogP contribution in [0.2, 0.25) is 5.02 Å². The molecule has 0 aromatic heterocycles. The summed E-state index contributed by atoms with van der Waals surface area (Å²) in [5.74, 6) is -0.360. The summed E-state index contributed by atoms with van der Waals surface area (Å²) in [7, 11) is 0. The van der Waals surface area contributed by atoms with Gasteiger partial charge in [-0.1, -0.05) is 47.7 Å².